The number of carbonyl (C=O) groups excluding carboxylic acids is 1. The summed E-state index contributed by atoms with van der Waals surface area (Å²) in [7, 11) is 0. The Balaban J connectivity index is 1.53. The number of nitrogens with one attached hydrogen (secondary N) is 2. The molecule has 3 rings (SSSR count). The molecule has 1 amide bonds. The van der Waals surface area contributed by atoms with Gasteiger partial charge in [-0.25, -0.2) is 0 Å². The average Bonchev–Trinajstić information content (AvgIpc) is 3.00. The maximum absolute atomic E-state index is 11.8. The Morgan fingerprint density at radius 3 is 3.05 bits per heavy atom. The summed E-state index contributed by atoms with van der Waals surface area (Å²) >= 11 is 0. The molecule has 0 radical (unpaired) electrons. The zero-order chi connectivity index (χ0) is 13.2. The second kappa shape index (κ2) is 5.37. The standard InChI is InChI=1S/C15H22N2O2/c1-10-8-12(10)14-6-5-11(19-14)9-17-13-4-2-3-7-16-15(13)18/h5-6,10,12-13,17H,2-4,7-9H2,1H3,(H,16,18). The highest BCUT2D eigenvalue weighted by Crippen LogP contribution is 2.47. The molecule has 2 heterocycles. The molecule has 1 aliphatic heterocycles. The topological polar surface area (TPSA) is 54.3 Å². The van der Waals surface area contributed by atoms with E-state index in [2.05, 4.69) is 23.6 Å². The lowest BCUT2D eigenvalue weighted by molar-refractivity contribution is -0.122. The molecule has 1 saturated carbocycles. The van der Waals surface area contributed by atoms with Crippen LogP contribution in [0, 0.1) is 5.92 Å². The SMILES string of the molecule is CC1CC1c1ccc(CNC2CCCCNC2=O)o1. The van der Waals surface area contributed by atoms with E-state index in [-0.39, 0.29) is 11.9 Å². The van der Waals surface area contributed by atoms with E-state index in [1.165, 1.54) is 6.42 Å². The normalized spacial score (nSPS) is 30.8. The monoisotopic (exact) mass is 262 g/mol. The van der Waals surface area contributed by atoms with E-state index in [1.54, 1.807) is 0 Å². The smallest absolute Gasteiger partial charge is 0.237 e. The van der Waals surface area contributed by atoms with Gasteiger partial charge in [-0.05, 0) is 43.7 Å². The molecule has 0 aromatic carbocycles. The molecule has 3 unspecified atom stereocenters. The van der Waals surface area contributed by atoms with Gasteiger partial charge < -0.3 is 9.73 Å². The van der Waals surface area contributed by atoms with Gasteiger partial charge in [0.15, 0.2) is 0 Å². The molecule has 0 bridgehead atoms. The summed E-state index contributed by atoms with van der Waals surface area (Å²) in [5.41, 5.74) is 0. The van der Waals surface area contributed by atoms with Gasteiger partial charge in [0.05, 0.1) is 12.6 Å². The van der Waals surface area contributed by atoms with Gasteiger partial charge in [-0.2, -0.15) is 0 Å². The molecule has 4 heteroatoms. The van der Waals surface area contributed by atoms with Gasteiger partial charge in [0.25, 0.3) is 0 Å². The highest BCUT2D eigenvalue weighted by atomic mass is 16.3. The average molecular weight is 262 g/mol. The van der Waals surface area contributed by atoms with Crippen molar-refractivity contribution in [2.75, 3.05) is 6.54 Å². The third-order valence-electron chi connectivity index (χ3n) is 4.22. The molecule has 2 fully saturated rings. The Hall–Kier alpha value is -1.29. The lowest BCUT2D eigenvalue weighted by atomic mass is 10.1. The summed E-state index contributed by atoms with van der Waals surface area (Å²) < 4.78 is 5.84. The highest BCUT2D eigenvalue weighted by molar-refractivity contribution is 5.81. The van der Waals surface area contributed by atoms with Crippen molar-refractivity contribution in [3.05, 3.63) is 23.7 Å². The predicted molar refractivity (Wildman–Crippen MR) is 72.7 cm³/mol. The zero-order valence-electron chi connectivity index (χ0n) is 11.4. The molecule has 2 aliphatic rings. The minimum atomic E-state index is -0.0732. The molecule has 3 atom stereocenters. The molecule has 4 nitrogen and oxygen atoms in total. The summed E-state index contributed by atoms with van der Waals surface area (Å²) in [6, 6.07) is 4.04. The van der Waals surface area contributed by atoms with E-state index in [1.807, 2.05) is 6.07 Å². The first kappa shape index (κ1) is 12.7. The van der Waals surface area contributed by atoms with Crippen molar-refractivity contribution in [2.45, 2.75) is 51.1 Å². The molecule has 19 heavy (non-hydrogen) atoms. The van der Waals surface area contributed by atoms with E-state index in [9.17, 15) is 4.79 Å². The van der Waals surface area contributed by atoms with E-state index >= 15 is 0 Å². The number of hydrogen-bond donors (Lipinski definition) is 2. The quantitative estimate of drug-likeness (QED) is 0.874. The second-order valence-corrected chi connectivity index (χ2v) is 5.84. The Kier molecular flexibility index (Phi) is 3.60. The second-order valence-electron chi connectivity index (χ2n) is 5.84. The third kappa shape index (κ3) is 3.00. The molecule has 1 aromatic rings. The maximum atomic E-state index is 11.8. The summed E-state index contributed by atoms with van der Waals surface area (Å²) in [5.74, 6) is 3.55. The van der Waals surface area contributed by atoms with Gasteiger partial charge in [0, 0.05) is 12.5 Å². The molecular formula is C15H22N2O2. The number of furan rings is 1. The lowest BCUT2D eigenvalue weighted by Crippen LogP contribution is -2.42. The first-order valence-corrected chi connectivity index (χ1v) is 7.34. The fraction of sp³-hybridized carbons (Fsp3) is 0.667. The lowest BCUT2D eigenvalue weighted by Gasteiger charge is -2.13. The van der Waals surface area contributed by atoms with E-state index in [0.29, 0.717) is 12.5 Å². The number of amides is 1. The van der Waals surface area contributed by atoms with E-state index in [0.717, 1.165) is 43.2 Å². The molecule has 104 valence electrons. The van der Waals surface area contributed by atoms with Crippen molar-refractivity contribution in [2.24, 2.45) is 5.92 Å². The van der Waals surface area contributed by atoms with Gasteiger partial charge in [0.1, 0.15) is 11.5 Å². The zero-order valence-corrected chi connectivity index (χ0v) is 11.4. The first-order chi connectivity index (χ1) is 9.24. The number of carbonyl (C=O) groups is 1. The number of hydrogen-bond acceptors (Lipinski definition) is 3. The molecule has 1 aliphatic carbocycles. The summed E-state index contributed by atoms with van der Waals surface area (Å²) in [4.78, 5) is 11.8. The van der Waals surface area contributed by atoms with Crippen LogP contribution in [0.15, 0.2) is 16.5 Å². The van der Waals surface area contributed by atoms with Crippen LogP contribution in [0.3, 0.4) is 0 Å². The summed E-state index contributed by atoms with van der Waals surface area (Å²) in [6.45, 7) is 3.70. The van der Waals surface area contributed by atoms with Crippen molar-refractivity contribution in [3.8, 4) is 0 Å². The fourth-order valence-electron chi connectivity index (χ4n) is 2.77. The molecule has 1 aromatic heterocycles. The van der Waals surface area contributed by atoms with Gasteiger partial charge in [-0.3, -0.25) is 10.1 Å². The van der Waals surface area contributed by atoms with Crippen molar-refractivity contribution in [1.29, 1.82) is 0 Å². The van der Waals surface area contributed by atoms with Crippen LogP contribution in [0.5, 0.6) is 0 Å². The fourth-order valence-corrected chi connectivity index (χ4v) is 2.77. The van der Waals surface area contributed by atoms with Crippen LogP contribution in [-0.4, -0.2) is 18.5 Å². The van der Waals surface area contributed by atoms with Gasteiger partial charge in [-0.15, -0.1) is 0 Å². The Morgan fingerprint density at radius 2 is 2.26 bits per heavy atom. The van der Waals surface area contributed by atoms with Gasteiger partial charge >= 0.3 is 0 Å². The van der Waals surface area contributed by atoms with Crippen LogP contribution >= 0.6 is 0 Å². The van der Waals surface area contributed by atoms with Gasteiger partial charge in [0.2, 0.25) is 5.91 Å². The largest absolute Gasteiger partial charge is 0.464 e. The van der Waals surface area contributed by atoms with Crippen molar-refractivity contribution < 1.29 is 9.21 Å². The van der Waals surface area contributed by atoms with Crippen LogP contribution in [0.2, 0.25) is 0 Å². The highest BCUT2D eigenvalue weighted by Gasteiger charge is 2.36. The van der Waals surface area contributed by atoms with Gasteiger partial charge in [-0.1, -0.05) is 6.92 Å². The van der Waals surface area contributed by atoms with Crippen LogP contribution in [-0.2, 0) is 11.3 Å². The molecule has 2 N–H and O–H groups in total. The molecule has 1 saturated heterocycles. The van der Waals surface area contributed by atoms with Crippen LogP contribution in [0.25, 0.3) is 0 Å². The summed E-state index contributed by atoms with van der Waals surface area (Å²) in [5, 5.41) is 6.24. The Bertz CT molecular complexity index is 455. The van der Waals surface area contributed by atoms with Crippen LogP contribution in [0.1, 0.15) is 50.0 Å². The third-order valence-corrected chi connectivity index (χ3v) is 4.22. The van der Waals surface area contributed by atoms with Crippen molar-refractivity contribution >= 4 is 5.91 Å². The summed E-state index contributed by atoms with van der Waals surface area (Å²) in [6.07, 6.45) is 4.33. The molecular weight excluding hydrogens is 240 g/mol. The number of rotatable bonds is 4. The molecule has 0 spiro atoms. The minimum Gasteiger partial charge on any atom is -0.464 e. The Morgan fingerprint density at radius 1 is 1.42 bits per heavy atom. The maximum Gasteiger partial charge on any atom is 0.237 e. The van der Waals surface area contributed by atoms with E-state index < -0.39 is 0 Å². The van der Waals surface area contributed by atoms with Crippen molar-refractivity contribution in [1.82, 2.24) is 10.6 Å². The minimum absolute atomic E-state index is 0.0732. The Labute approximate surface area is 113 Å². The van der Waals surface area contributed by atoms with Crippen molar-refractivity contribution in [3.63, 3.8) is 0 Å². The first-order valence-electron chi connectivity index (χ1n) is 7.34. The van der Waals surface area contributed by atoms with Crippen LogP contribution < -0.4 is 10.6 Å². The van der Waals surface area contributed by atoms with Crippen LogP contribution in [0.4, 0.5) is 0 Å². The van der Waals surface area contributed by atoms with E-state index in [4.69, 9.17) is 4.42 Å². The predicted octanol–water partition coefficient (Wildman–Crippen LogP) is 2.16.